The quantitative estimate of drug-likeness (QED) is 0.531. The lowest BCUT2D eigenvalue weighted by atomic mass is 9.86. The maximum Gasteiger partial charge on any atom is 0.410 e. The summed E-state index contributed by atoms with van der Waals surface area (Å²) in [6, 6.07) is 14.5. The van der Waals surface area contributed by atoms with Gasteiger partial charge in [0.25, 0.3) is 0 Å². The van der Waals surface area contributed by atoms with Crippen molar-refractivity contribution in [1.29, 1.82) is 0 Å². The number of piperidine rings is 1. The van der Waals surface area contributed by atoms with Crippen LogP contribution >= 0.6 is 12.4 Å². The fourth-order valence-electron chi connectivity index (χ4n) is 4.28. The smallest absolute Gasteiger partial charge is 0.410 e. The number of methoxy groups -OCH3 is 2. The van der Waals surface area contributed by atoms with E-state index in [1.807, 2.05) is 68.1 Å². The van der Waals surface area contributed by atoms with Crippen molar-refractivity contribution in [2.45, 2.75) is 58.8 Å². The van der Waals surface area contributed by atoms with Crippen LogP contribution in [0.15, 0.2) is 48.5 Å². The number of rotatable bonds is 8. The van der Waals surface area contributed by atoms with Crippen LogP contribution in [0.2, 0.25) is 0 Å². The summed E-state index contributed by atoms with van der Waals surface area (Å²) in [5, 5.41) is 0. The van der Waals surface area contributed by atoms with E-state index in [9.17, 15) is 9.59 Å². The number of benzene rings is 2. The Balaban J connectivity index is 0.00000481. The molecule has 0 aromatic heterocycles. The largest absolute Gasteiger partial charge is 0.497 e. The Morgan fingerprint density at radius 3 is 2.27 bits per heavy atom. The summed E-state index contributed by atoms with van der Waals surface area (Å²) < 4.78 is 16.6. The van der Waals surface area contributed by atoms with Gasteiger partial charge in [-0.15, -0.1) is 12.4 Å². The van der Waals surface area contributed by atoms with Crippen molar-refractivity contribution < 1.29 is 23.8 Å². The predicted molar refractivity (Wildman–Crippen MR) is 146 cm³/mol. The number of hydrogen-bond acceptors (Lipinski definition) is 6. The third-order valence-electron chi connectivity index (χ3n) is 6.69. The Kier molecular flexibility index (Phi) is 11.1. The van der Waals surface area contributed by atoms with Crippen molar-refractivity contribution in [3.63, 3.8) is 0 Å². The van der Waals surface area contributed by atoms with Gasteiger partial charge in [-0.3, -0.25) is 4.79 Å². The van der Waals surface area contributed by atoms with E-state index >= 15 is 0 Å². The molecule has 0 radical (unpaired) electrons. The Hall–Kier alpha value is -2.97. The molecule has 3 rings (SSSR count). The van der Waals surface area contributed by atoms with Crippen LogP contribution in [0.5, 0.6) is 11.5 Å². The fourth-order valence-corrected chi connectivity index (χ4v) is 4.28. The van der Waals surface area contributed by atoms with Crippen LogP contribution in [0.1, 0.15) is 44.7 Å². The van der Waals surface area contributed by atoms with Gasteiger partial charge in [0.15, 0.2) is 0 Å². The van der Waals surface area contributed by atoms with Crippen LogP contribution in [-0.2, 0) is 22.7 Å². The molecule has 2 aromatic carbocycles. The highest BCUT2D eigenvalue weighted by Crippen LogP contribution is 2.29. The normalized spacial score (nSPS) is 14.8. The molecule has 0 saturated carbocycles. The number of carbonyl (C=O) groups is 2. The summed E-state index contributed by atoms with van der Waals surface area (Å²) in [5.41, 5.74) is 7.68. The minimum atomic E-state index is -0.565. The van der Waals surface area contributed by atoms with Crippen molar-refractivity contribution in [2.75, 3.05) is 27.3 Å². The second kappa shape index (κ2) is 13.5. The van der Waals surface area contributed by atoms with Crippen LogP contribution in [0, 0.1) is 5.41 Å². The van der Waals surface area contributed by atoms with E-state index in [0.717, 1.165) is 11.1 Å². The molecule has 0 spiro atoms. The fraction of sp³-hybridized carbons (Fsp3) is 0.500. The van der Waals surface area contributed by atoms with Gasteiger partial charge in [0, 0.05) is 30.8 Å². The molecular weight excluding hydrogens is 494 g/mol. The Morgan fingerprint density at radius 1 is 1.05 bits per heavy atom. The average molecular weight is 534 g/mol. The number of amides is 2. The third kappa shape index (κ3) is 8.01. The van der Waals surface area contributed by atoms with Gasteiger partial charge < -0.3 is 29.7 Å². The van der Waals surface area contributed by atoms with Crippen LogP contribution in [0.25, 0.3) is 0 Å². The lowest BCUT2D eigenvalue weighted by Crippen LogP contribution is -2.54. The number of ether oxygens (including phenoxy) is 3. The molecule has 8 nitrogen and oxygen atoms in total. The number of nitrogens with two attached hydrogens (primary N) is 1. The van der Waals surface area contributed by atoms with Gasteiger partial charge >= 0.3 is 6.09 Å². The number of nitrogens with zero attached hydrogens (tertiary/aromatic N) is 2. The number of carbonyl (C=O) groups excluding carboxylic acids is 2. The van der Waals surface area contributed by atoms with Crippen LogP contribution in [-0.4, -0.2) is 61.2 Å². The second-order valence-electron chi connectivity index (χ2n) is 10.2. The first kappa shape index (κ1) is 30.3. The molecule has 0 unspecified atom stereocenters. The second-order valence-corrected chi connectivity index (χ2v) is 10.2. The maximum atomic E-state index is 13.3. The molecule has 1 fully saturated rings. The Labute approximate surface area is 226 Å². The third-order valence-corrected chi connectivity index (χ3v) is 6.69. The maximum absolute atomic E-state index is 13.3. The van der Waals surface area contributed by atoms with Crippen LogP contribution < -0.4 is 15.2 Å². The molecule has 0 bridgehead atoms. The van der Waals surface area contributed by atoms with Gasteiger partial charge in [-0.05, 0) is 36.0 Å². The van der Waals surface area contributed by atoms with Crippen molar-refractivity contribution in [2.24, 2.45) is 11.1 Å². The monoisotopic (exact) mass is 533 g/mol. The summed E-state index contributed by atoms with van der Waals surface area (Å²) in [4.78, 5) is 29.8. The van der Waals surface area contributed by atoms with Crippen molar-refractivity contribution in [1.82, 2.24) is 9.80 Å². The topological polar surface area (TPSA) is 94.3 Å². The van der Waals surface area contributed by atoms with Gasteiger partial charge in [-0.25, -0.2) is 4.79 Å². The van der Waals surface area contributed by atoms with E-state index in [1.165, 1.54) is 0 Å². The van der Waals surface area contributed by atoms with Crippen molar-refractivity contribution in [3.05, 3.63) is 59.7 Å². The molecule has 0 aliphatic carbocycles. The molecule has 1 aliphatic rings. The molecule has 9 heteroatoms. The van der Waals surface area contributed by atoms with Crippen LogP contribution in [0.3, 0.4) is 0 Å². The molecule has 2 amide bonds. The molecule has 2 N–H and O–H groups in total. The molecule has 1 heterocycles. The summed E-state index contributed by atoms with van der Waals surface area (Å²) >= 11 is 0. The lowest BCUT2D eigenvalue weighted by Gasteiger charge is -2.40. The van der Waals surface area contributed by atoms with Gasteiger partial charge in [0.2, 0.25) is 5.91 Å². The minimum Gasteiger partial charge on any atom is -0.497 e. The van der Waals surface area contributed by atoms with E-state index in [2.05, 4.69) is 0 Å². The van der Waals surface area contributed by atoms with E-state index in [1.54, 1.807) is 25.2 Å². The first-order valence-electron chi connectivity index (χ1n) is 12.4. The van der Waals surface area contributed by atoms with Gasteiger partial charge in [-0.2, -0.15) is 0 Å². The SMILES string of the molecule is COc1ccc(CN(C(=O)OCc2ccccc2)C2CCN(C(=O)[C@@H](N)C(C)(C)C)CC2)c(OC)c1.Cl. The summed E-state index contributed by atoms with van der Waals surface area (Å²) in [6.07, 6.45) is 0.885. The highest BCUT2D eigenvalue weighted by Gasteiger charge is 2.35. The van der Waals surface area contributed by atoms with Crippen molar-refractivity contribution >= 4 is 24.4 Å². The highest BCUT2D eigenvalue weighted by atomic mass is 35.5. The number of halogens is 1. The van der Waals surface area contributed by atoms with Crippen molar-refractivity contribution in [3.8, 4) is 11.5 Å². The molecule has 2 aromatic rings. The Morgan fingerprint density at radius 2 is 1.70 bits per heavy atom. The molecule has 1 atom stereocenters. The van der Waals surface area contributed by atoms with Gasteiger partial charge in [-0.1, -0.05) is 51.1 Å². The van der Waals surface area contributed by atoms with E-state index < -0.39 is 12.1 Å². The van der Waals surface area contributed by atoms with E-state index in [4.69, 9.17) is 19.9 Å². The first-order valence-corrected chi connectivity index (χ1v) is 12.4. The molecule has 204 valence electrons. The van der Waals surface area contributed by atoms with E-state index in [0.29, 0.717) is 44.0 Å². The predicted octanol–water partition coefficient (Wildman–Crippen LogP) is 4.63. The highest BCUT2D eigenvalue weighted by molar-refractivity contribution is 5.85. The number of likely N-dealkylation sites (tertiary alicyclic amines) is 1. The first-order chi connectivity index (χ1) is 17.1. The molecule has 37 heavy (non-hydrogen) atoms. The summed E-state index contributed by atoms with van der Waals surface area (Å²) in [5.74, 6) is 1.27. The number of hydrogen-bond donors (Lipinski definition) is 1. The zero-order valence-corrected chi connectivity index (χ0v) is 23.3. The minimum absolute atomic E-state index is 0. The Bertz CT molecular complexity index is 1020. The summed E-state index contributed by atoms with van der Waals surface area (Å²) in [6.45, 7) is 7.48. The summed E-state index contributed by atoms with van der Waals surface area (Å²) in [7, 11) is 3.20. The molecule has 1 aliphatic heterocycles. The average Bonchev–Trinajstić information content (AvgIpc) is 2.89. The lowest BCUT2D eigenvalue weighted by molar-refractivity contribution is -0.136. The standard InChI is InChI=1S/C28H39N3O5.ClH/c1-28(2,3)25(29)26(32)30-15-13-22(14-16-30)31(27(33)36-19-20-9-7-6-8-10-20)18-21-11-12-23(34-4)17-24(21)35-5;/h6-12,17,22,25H,13-16,18-19,29H2,1-5H3;1H/t25-;/m1./s1. The van der Waals surface area contributed by atoms with E-state index in [-0.39, 0.29) is 36.4 Å². The zero-order chi connectivity index (χ0) is 26.3. The molecule has 1 saturated heterocycles. The zero-order valence-electron chi connectivity index (χ0n) is 22.4. The van der Waals surface area contributed by atoms with Gasteiger partial charge in [0.1, 0.15) is 18.1 Å². The van der Waals surface area contributed by atoms with Gasteiger partial charge in [0.05, 0.1) is 26.8 Å². The molecular formula is C28H40ClN3O5. The van der Waals surface area contributed by atoms with Crippen LogP contribution in [0.4, 0.5) is 4.79 Å².